The first-order valence-corrected chi connectivity index (χ1v) is 11.5. The lowest BCUT2D eigenvalue weighted by atomic mass is 10.1. The Bertz CT molecular complexity index is 1430. The molecule has 0 aliphatic heterocycles. The number of nitrogens with one attached hydrogen (secondary N) is 1. The maximum absolute atomic E-state index is 12.6. The van der Waals surface area contributed by atoms with Crippen molar-refractivity contribution in [1.82, 2.24) is 40.5 Å². The Morgan fingerprint density at radius 2 is 1.78 bits per heavy atom. The SMILES string of the molecule is O=C(NC(Cc1ccccc1)Cn1cc(-c2cc(Cl)ccc2-n2cnnn2)nn1)Oc1ccccc1. The van der Waals surface area contributed by atoms with Crippen molar-refractivity contribution in [3.05, 3.63) is 102 Å². The number of benzene rings is 3. The van der Waals surface area contributed by atoms with Crippen molar-refractivity contribution in [2.45, 2.75) is 19.0 Å². The third kappa shape index (κ3) is 5.73. The molecule has 0 saturated carbocycles. The first kappa shape index (κ1) is 23.2. The molecule has 10 nitrogen and oxygen atoms in total. The van der Waals surface area contributed by atoms with Crippen molar-refractivity contribution in [3.8, 4) is 22.7 Å². The van der Waals surface area contributed by atoms with Crippen molar-refractivity contribution < 1.29 is 9.53 Å². The average Bonchev–Trinajstić information content (AvgIpc) is 3.58. The minimum absolute atomic E-state index is 0.309. The van der Waals surface area contributed by atoms with E-state index in [1.165, 1.54) is 11.0 Å². The quantitative estimate of drug-likeness (QED) is 0.343. The Balaban J connectivity index is 1.37. The summed E-state index contributed by atoms with van der Waals surface area (Å²) in [7, 11) is 0. The van der Waals surface area contributed by atoms with Gasteiger partial charge in [-0.2, -0.15) is 4.68 Å². The molecule has 3 aromatic carbocycles. The molecule has 5 aromatic rings. The highest BCUT2D eigenvalue weighted by molar-refractivity contribution is 6.31. The summed E-state index contributed by atoms with van der Waals surface area (Å²) in [5.74, 6) is 0.465. The van der Waals surface area contributed by atoms with Crippen LogP contribution in [-0.2, 0) is 13.0 Å². The van der Waals surface area contributed by atoms with Gasteiger partial charge in [0.05, 0.1) is 24.5 Å². The lowest BCUT2D eigenvalue weighted by molar-refractivity contribution is 0.194. The number of ether oxygens (including phenoxy) is 1. The minimum atomic E-state index is -0.543. The molecule has 1 amide bonds. The van der Waals surface area contributed by atoms with Crippen LogP contribution in [0.4, 0.5) is 4.79 Å². The molecular formula is C25H21ClN8O2. The van der Waals surface area contributed by atoms with E-state index in [0.29, 0.717) is 35.1 Å². The number of nitrogens with zero attached hydrogens (tertiary/aromatic N) is 7. The highest BCUT2D eigenvalue weighted by Crippen LogP contribution is 2.27. The Labute approximate surface area is 211 Å². The van der Waals surface area contributed by atoms with Crippen molar-refractivity contribution >= 4 is 17.7 Å². The van der Waals surface area contributed by atoms with Gasteiger partial charge in [-0.3, -0.25) is 0 Å². The van der Waals surface area contributed by atoms with Crippen LogP contribution in [-0.4, -0.2) is 47.3 Å². The van der Waals surface area contributed by atoms with Gasteiger partial charge < -0.3 is 10.1 Å². The molecule has 1 N–H and O–H groups in total. The summed E-state index contributed by atoms with van der Waals surface area (Å²) in [6, 6.07) is 23.8. The van der Waals surface area contributed by atoms with Gasteiger partial charge >= 0.3 is 6.09 Å². The van der Waals surface area contributed by atoms with Crippen LogP contribution in [0, 0.1) is 0 Å². The van der Waals surface area contributed by atoms with E-state index < -0.39 is 6.09 Å². The fourth-order valence-corrected chi connectivity index (χ4v) is 3.95. The Hall–Kier alpha value is -4.57. The summed E-state index contributed by atoms with van der Waals surface area (Å²) < 4.78 is 8.64. The van der Waals surface area contributed by atoms with Crippen LogP contribution in [0.1, 0.15) is 5.56 Å². The van der Waals surface area contributed by atoms with Crippen LogP contribution >= 0.6 is 11.6 Å². The fraction of sp³-hybridized carbons (Fsp3) is 0.120. The molecule has 180 valence electrons. The highest BCUT2D eigenvalue weighted by atomic mass is 35.5. The van der Waals surface area contributed by atoms with Gasteiger partial charge in [0.1, 0.15) is 17.8 Å². The number of tetrazole rings is 1. The second-order valence-corrected chi connectivity index (χ2v) is 8.41. The zero-order valence-corrected chi connectivity index (χ0v) is 19.7. The van der Waals surface area contributed by atoms with Gasteiger partial charge in [0.15, 0.2) is 0 Å². The molecule has 36 heavy (non-hydrogen) atoms. The summed E-state index contributed by atoms with van der Waals surface area (Å²) >= 11 is 6.26. The molecule has 0 fully saturated rings. The van der Waals surface area contributed by atoms with Gasteiger partial charge in [-0.25, -0.2) is 9.48 Å². The number of carbonyl (C=O) groups is 1. The molecule has 0 radical (unpaired) electrons. The summed E-state index contributed by atoms with van der Waals surface area (Å²) in [4.78, 5) is 12.6. The van der Waals surface area contributed by atoms with Crippen molar-refractivity contribution in [2.24, 2.45) is 0 Å². The van der Waals surface area contributed by atoms with E-state index in [4.69, 9.17) is 16.3 Å². The van der Waals surface area contributed by atoms with E-state index in [1.807, 2.05) is 42.5 Å². The van der Waals surface area contributed by atoms with Gasteiger partial charge in [0.2, 0.25) is 0 Å². The second-order valence-electron chi connectivity index (χ2n) is 7.98. The molecule has 0 aliphatic carbocycles. The predicted octanol–water partition coefficient (Wildman–Crippen LogP) is 3.97. The number of para-hydroxylation sites is 1. The van der Waals surface area contributed by atoms with E-state index in [0.717, 1.165) is 11.1 Å². The molecule has 1 unspecified atom stereocenters. The average molecular weight is 501 g/mol. The van der Waals surface area contributed by atoms with E-state index in [1.54, 1.807) is 47.3 Å². The number of amides is 1. The third-order valence-electron chi connectivity index (χ3n) is 5.38. The monoisotopic (exact) mass is 500 g/mol. The highest BCUT2D eigenvalue weighted by Gasteiger charge is 2.18. The number of halogens is 1. The Morgan fingerprint density at radius 3 is 2.53 bits per heavy atom. The normalized spacial score (nSPS) is 11.7. The van der Waals surface area contributed by atoms with Gasteiger partial charge in [0, 0.05) is 10.6 Å². The van der Waals surface area contributed by atoms with Crippen LogP contribution in [0.3, 0.4) is 0 Å². The van der Waals surface area contributed by atoms with Gasteiger partial charge in [0.25, 0.3) is 0 Å². The Kier molecular flexibility index (Phi) is 6.95. The van der Waals surface area contributed by atoms with Crippen molar-refractivity contribution in [3.63, 3.8) is 0 Å². The van der Waals surface area contributed by atoms with E-state index >= 15 is 0 Å². The number of rotatable bonds is 8. The Morgan fingerprint density at radius 1 is 1.00 bits per heavy atom. The van der Waals surface area contributed by atoms with E-state index in [2.05, 4.69) is 31.2 Å². The molecule has 0 bridgehead atoms. The second kappa shape index (κ2) is 10.8. The number of aromatic nitrogens is 7. The molecular weight excluding hydrogens is 480 g/mol. The summed E-state index contributed by atoms with van der Waals surface area (Å²) in [6.07, 6.45) is 3.32. The van der Waals surface area contributed by atoms with Gasteiger partial charge in [-0.15, -0.1) is 10.2 Å². The van der Waals surface area contributed by atoms with Crippen LogP contribution in [0.15, 0.2) is 91.4 Å². The molecule has 1 atom stereocenters. The molecule has 0 aliphatic rings. The number of carbonyl (C=O) groups excluding carboxylic acids is 1. The maximum atomic E-state index is 12.6. The van der Waals surface area contributed by atoms with Gasteiger partial charge in [-0.05, 0) is 52.7 Å². The number of hydrogen-bond donors (Lipinski definition) is 1. The van der Waals surface area contributed by atoms with Crippen LogP contribution < -0.4 is 10.1 Å². The molecule has 0 saturated heterocycles. The smallest absolute Gasteiger partial charge is 0.410 e. The lowest BCUT2D eigenvalue weighted by Crippen LogP contribution is -2.41. The van der Waals surface area contributed by atoms with Crippen LogP contribution in [0.25, 0.3) is 16.9 Å². The summed E-state index contributed by atoms with van der Waals surface area (Å²) in [5.41, 5.74) is 3.09. The van der Waals surface area contributed by atoms with E-state index in [-0.39, 0.29) is 6.04 Å². The van der Waals surface area contributed by atoms with Crippen LogP contribution in [0.2, 0.25) is 5.02 Å². The van der Waals surface area contributed by atoms with E-state index in [9.17, 15) is 4.79 Å². The number of hydrogen-bond acceptors (Lipinski definition) is 7. The van der Waals surface area contributed by atoms with Crippen molar-refractivity contribution in [2.75, 3.05) is 0 Å². The minimum Gasteiger partial charge on any atom is -0.410 e. The predicted molar refractivity (Wildman–Crippen MR) is 133 cm³/mol. The molecule has 5 rings (SSSR count). The topological polar surface area (TPSA) is 113 Å². The maximum Gasteiger partial charge on any atom is 0.412 e. The zero-order chi connectivity index (χ0) is 24.7. The standard InChI is InChI=1S/C25H21ClN8O2/c26-19-11-12-24(34-17-27-30-32-34)22(14-19)23-16-33(31-29-23)15-20(13-18-7-3-1-4-8-18)28-25(35)36-21-9-5-2-6-10-21/h1-12,14,16-17,20H,13,15H2,(H,28,35). The summed E-state index contributed by atoms with van der Waals surface area (Å²) in [6.45, 7) is 0.368. The zero-order valence-electron chi connectivity index (χ0n) is 19.0. The van der Waals surface area contributed by atoms with Crippen LogP contribution in [0.5, 0.6) is 5.75 Å². The largest absolute Gasteiger partial charge is 0.412 e. The van der Waals surface area contributed by atoms with Gasteiger partial charge in [-0.1, -0.05) is 65.3 Å². The first-order valence-electron chi connectivity index (χ1n) is 11.1. The molecule has 2 heterocycles. The lowest BCUT2D eigenvalue weighted by Gasteiger charge is -2.18. The van der Waals surface area contributed by atoms with Crippen molar-refractivity contribution in [1.29, 1.82) is 0 Å². The fourth-order valence-electron chi connectivity index (χ4n) is 3.77. The first-order chi connectivity index (χ1) is 17.6. The molecule has 2 aromatic heterocycles. The molecule has 11 heteroatoms. The third-order valence-corrected chi connectivity index (χ3v) is 5.61. The summed E-state index contributed by atoms with van der Waals surface area (Å²) in [5, 5.41) is 23.5. The molecule has 0 spiro atoms.